The predicted octanol–water partition coefficient (Wildman–Crippen LogP) is 1.20. The van der Waals surface area contributed by atoms with Crippen molar-refractivity contribution in [1.29, 1.82) is 0 Å². The van der Waals surface area contributed by atoms with E-state index in [-0.39, 0.29) is 5.91 Å². The minimum Gasteiger partial charge on any atom is -0.356 e. The number of hydrogen-bond acceptors (Lipinski definition) is 5. The average molecular weight is 277 g/mol. The molecule has 1 amide bonds. The Morgan fingerprint density at radius 1 is 1.42 bits per heavy atom. The molecule has 19 heavy (non-hydrogen) atoms. The molecule has 0 spiro atoms. The second-order valence-corrected chi connectivity index (χ2v) is 5.05. The molecule has 0 fully saturated rings. The molecule has 0 saturated carbocycles. The van der Waals surface area contributed by atoms with E-state index < -0.39 is 0 Å². The van der Waals surface area contributed by atoms with E-state index in [1.165, 1.54) is 18.7 Å². The fraction of sp³-hybridized carbons (Fsp3) is 0.333. The van der Waals surface area contributed by atoms with Gasteiger partial charge in [-0.05, 0) is 29.0 Å². The summed E-state index contributed by atoms with van der Waals surface area (Å²) in [5, 5.41) is 15.2. The van der Waals surface area contributed by atoms with Gasteiger partial charge < -0.3 is 5.32 Å². The van der Waals surface area contributed by atoms with Crippen LogP contribution < -0.4 is 5.32 Å². The number of carbonyl (C=O) groups is 1. The van der Waals surface area contributed by atoms with Gasteiger partial charge in [0, 0.05) is 19.2 Å². The maximum Gasteiger partial charge on any atom is 0.216 e. The Morgan fingerprint density at radius 3 is 2.95 bits per heavy atom. The second kappa shape index (κ2) is 6.33. The van der Waals surface area contributed by atoms with Crippen LogP contribution in [-0.4, -0.2) is 38.4 Å². The zero-order chi connectivity index (χ0) is 13.7. The third-order valence-corrected chi connectivity index (χ3v) is 3.41. The quantitative estimate of drug-likeness (QED) is 0.656. The molecule has 100 valence electrons. The molecule has 1 aromatic heterocycles. The zero-order valence-corrected chi connectivity index (χ0v) is 11.6. The highest BCUT2D eigenvalue weighted by Crippen LogP contribution is 2.19. The molecule has 0 aliphatic rings. The van der Waals surface area contributed by atoms with Gasteiger partial charge in [0.15, 0.2) is 0 Å². The van der Waals surface area contributed by atoms with Crippen LogP contribution in [0.4, 0.5) is 0 Å². The second-order valence-electron chi connectivity index (χ2n) is 3.99. The molecule has 6 nitrogen and oxygen atoms in total. The van der Waals surface area contributed by atoms with Crippen LogP contribution in [0, 0.1) is 6.92 Å². The summed E-state index contributed by atoms with van der Waals surface area (Å²) in [4.78, 5) is 10.8. The van der Waals surface area contributed by atoms with Gasteiger partial charge in [0.2, 0.25) is 11.1 Å². The van der Waals surface area contributed by atoms with E-state index in [2.05, 4.69) is 20.8 Å². The summed E-state index contributed by atoms with van der Waals surface area (Å²) in [6, 6.07) is 7.93. The molecule has 0 bridgehead atoms. The zero-order valence-electron chi connectivity index (χ0n) is 10.8. The number of thioether (sulfide) groups is 1. The molecule has 7 heteroatoms. The van der Waals surface area contributed by atoms with Gasteiger partial charge in [-0.15, -0.1) is 5.10 Å². The Balaban J connectivity index is 2.06. The number of nitrogens with one attached hydrogen (secondary N) is 1. The highest BCUT2D eigenvalue weighted by Gasteiger charge is 2.10. The third-order valence-electron chi connectivity index (χ3n) is 2.49. The Hall–Kier alpha value is -1.89. The maximum atomic E-state index is 10.8. The molecule has 0 aliphatic carbocycles. The van der Waals surface area contributed by atoms with Crippen molar-refractivity contribution < 1.29 is 4.79 Å². The number of para-hydroxylation sites is 1. The summed E-state index contributed by atoms with van der Waals surface area (Å²) < 4.78 is 1.72. The van der Waals surface area contributed by atoms with Crippen molar-refractivity contribution in [3.8, 4) is 5.69 Å². The lowest BCUT2D eigenvalue weighted by molar-refractivity contribution is -0.118. The van der Waals surface area contributed by atoms with Gasteiger partial charge in [0.25, 0.3) is 0 Å². The van der Waals surface area contributed by atoms with Gasteiger partial charge >= 0.3 is 0 Å². The lowest BCUT2D eigenvalue weighted by Crippen LogP contribution is -2.22. The SMILES string of the molecule is CC(=O)NCCSc1nnnn1-c1ccccc1C. The molecule has 2 aromatic rings. The smallest absolute Gasteiger partial charge is 0.216 e. The van der Waals surface area contributed by atoms with Crippen molar-refractivity contribution in [1.82, 2.24) is 25.5 Å². The van der Waals surface area contributed by atoms with Crippen LogP contribution >= 0.6 is 11.8 Å². The number of hydrogen-bond donors (Lipinski definition) is 1. The Morgan fingerprint density at radius 2 is 2.21 bits per heavy atom. The number of carbonyl (C=O) groups excluding carboxylic acids is 1. The van der Waals surface area contributed by atoms with Crippen molar-refractivity contribution in [3.63, 3.8) is 0 Å². The minimum atomic E-state index is -0.0286. The summed E-state index contributed by atoms with van der Waals surface area (Å²) in [6.45, 7) is 4.12. The minimum absolute atomic E-state index is 0.0286. The van der Waals surface area contributed by atoms with E-state index in [0.29, 0.717) is 6.54 Å². The van der Waals surface area contributed by atoms with Gasteiger partial charge in [-0.25, -0.2) is 0 Å². The fourth-order valence-electron chi connectivity index (χ4n) is 1.59. The van der Waals surface area contributed by atoms with Gasteiger partial charge in [-0.3, -0.25) is 4.79 Å². The van der Waals surface area contributed by atoms with E-state index in [4.69, 9.17) is 0 Å². The van der Waals surface area contributed by atoms with Crippen LogP contribution in [0.1, 0.15) is 12.5 Å². The fourth-order valence-corrected chi connectivity index (χ4v) is 2.33. The first-order valence-corrected chi connectivity index (χ1v) is 6.88. The first-order chi connectivity index (χ1) is 9.18. The molecule has 1 aromatic carbocycles. The van der Waals surface area contributed by atoms with Crippen LogP contribution in [0.2, 0.25) is 0 Å². The van der Waals surface area contributed by atoms with Gasteiger partial charge in [-0.2, -0.15) is 4.68 Å². The highest BCUT2D eigenvalue weighted by atomic mass is 32.2. The van der Waals surface area contributed by atoms with Crippen LogP contribution in [-0.2, 0) is 4.79 Å². The van der Waals surface area contributed by atoms with Crippen molar-refractivity contribution in [2.75, 3.05) is 12.3 Å². The number of aryl methyl sites for hydroxylation is 1. The summed E-state index contributed by atoms with van der Waals surface area (Å²) in [5.74, 6) is 0.699. The van der Waals surface area contributed by atoms with E-state index in [0.717, 1.165) is 22.2 Å². The van der Waals surface area contributed by atoms with E-state index in [1.807, 2.05) is 31.2 Å². The molecule has 0 radical (unpaired) electrons. The Bertz CT molecular complexity index is 569. The topological polar surface area (TPSA) is 72.7 Å². The molecule has 1 heterocycles. The van der Waals surface area contributed by atoms with Crippen LogP contribution in [0.25, 0.3) is 5.69 Å². The number of aromatic nitrogens is 4. The largest absolute Gasteiger partial charge is 0.356 e. The first kappa shape index (κ1) is 13.5. The third kappa shape index (κ3) is 3.54. The predicted molar refractivity (Wildman–Crippen MR) is 73.3 cm³/mol. The molecule has 0 saturated heterocycles. The van der Waals surface area contributed by atoms with E-state index in [9.17, 15) is 4.79 Å². The summed E-state index contributed by atoms with van der Waals surface area (Å²) in [7, 11) is 0. The van der Waals surface area contributed by atoms with Gasteiger partial charge in [-0.1, -0.05) is 30.0 Å². The average Bonchev–Trinajstić information content (AvgIpc) is 2.83. The maximum absolute atomic E-state index is 10.8. The lowest BCUT2D eigenvalue weighted by Gasteiger charge is -2.07. The summed E-state index contributed by atoms with van der Waals surface area (Å²) in [6.07, 6.45) is 0. The standard InChI is InChI=1S/C12H15N5OS/c1-9-5-3-4-6-11(9)17-12(14-15-16-17)19-8-7-13-10(2)18/h3-6H,7-8H2,1-2H3,(H,13,18). The number of benzene rings is 1. The van der Waals surface area contributed by atoms with Crippen LogP contribution in [0.3, 0.4) is 0 Å². The van der Waals surface area contributed by atoms with E-state index in [1.54, 1.807) is 4.68 Å². The van der Waals surface area contributed by atoms with Crippen molar-refractivity contribution >= 4 is 17.7 Å². The van der Waals surface area contributed by atoms with Gasteiger partial charge in [0.1, 0.15) is 0 Å². The molecule has 0 atom stereocenters. The normalized spacial score (nSPS) is 10.4. The molecule has 0 aliphatic heterocycles. The molecular weight excluding hydrogens is 262 g/mol. The number of rotatable bonds is 5. The molecule has 0 unspecified atom stereocenters. The van der Waals surface area contributed by atoms with Crippen LogP contribution in [0.5, 0.6) is 0 Å². The highest BCUT2D eigenvalue weighted by molar-refractivity contribution is 7.99. The number of tetrazole rings is 1. The number of amides is 1. The monoisotopic (exact) mass is 277 g/mol. The molecular formula is C12H15N5OS. The lowest BCUT2D eigenvalue weighted by atomic mass is 10.2. The first-order valence-electron chi connectivity index (χ1n) is 5.90. The molecule has 2 rings (SSSR count). The number of nitrogens with zero attached hydrogens (tertiary/aromatic N) is 4. The van der Waals surface area contributed by atoms with Gasteiger partial charge in [0.05, 0.1) is 5.69 Å². The van der Waals surface area contributed by atoms with Crippen molar-refractivity contribution in [2.45, 2.75) is 19.0 Å². The summed E-state index contributed by atoms with van der Waals surface area (Å²) in [5.41, 5.74) is 2.08. The van der Waals surface area contributed by atoms with Crippen LogP contribution in [0.15, 0.2) is 29.4 Å². The Kier molecular flexibility index (Phi) is 4.51. The molecule has 1 N–H and O–H groups in total. The Labute approximate surface area is 115 Å². The van der Waals surface area contributed by atoms with Crippen molar-refractivity contribution in [3.05, 3.63) is 29.8 Å². The van der Waals surface area contributed by atoms with E-state index >= 15 is 0 Å². The van der Waals surface area contributed by atoms with Crippen molar-refractivity contribution in [2.24, 2.45) is 0 Å². The summed E-state index contributed by atoms with van der Waals surface area (Å²) >= 11 is 1.51.